The molecule has 1 heterocycles. The SMILES string of the molecule is CCC(C(O)c1ccccc1)N1CCC(N(CC)CC)C1. The fraction of sp³-hybridized carbons (Fsp3) is 0.667. The molecule has 3 nitrogen and oxygen atoms in total. The molecule has 21 heavy (non-hydrogen) atoms. The van der Waals surface area contributed by atoms with Crippen LogP contribution in [-0.2, 0) is 0 Å². The molecule has 1 aromatic carbocycles. The number of hydrogen-bond acceptors (Lipinski definition) is 3. The summed E-state index contributed by atoms with van der Waals surface area (Å²) in [4.78, 5) is 5.03. The molecule has 0 radical (unpaired) electrons. The molecule has 0 saturated carbocycles. The molecule has 0 spiro atoms. The summed E-state index contributed by atoms with van der Waals surface area (Å²) in [6.07, 6.45) is 1.83. The molecule has 1 aliphatic heterocycles. The van der Waals surface area contributed by atoms with Crippen LogP contribution in [0.5, 0.6) is 0 Å². The van der Waals surface area contributed by atoms with Crippen LogP contribution in [0.2, 0.25) is 0 Å². The Kier molecular flexibility index (Phi) is 6.22. The van der Waals surface area contributed by atoms with Gasteiger partial charge in [-0.1, -0.05) is 51.1 Å². The van der Waals surface area contributed by atoms with E-state index in [0.717, 1.165) is 38.2 Å². The van der Waals surface area contributed by atoms with Gasteiger partial charge < -0.3 is 5.11 Å². The van der Waals surface area contributed by atoms with Crippen LogP contribution in [0.1, 0.15) is 45.3 Å². The van der Waals surface area contributed by atoms with Gasteiger partial charge in [0.25, 0.3) is 0 Å². The van der Waals surface area contributed by atoms with E-state index >= 15 is 0 Å². The van der Waals surface area contributed by atoms with Crippen LogP contribution >= 0.6 is 0 Å². The molecule has 0 amide bonds. The number of aliphatic hydroxyl groups excluding tert-OH is 1. The summed E-state index contributed by atoms with van der Waals surface area (Å²) in [5, 5.41) is 10.7. The van der Waals surface area contributed by atoms with E-state index in [1.54, 1.807) is 0 Å². The standard InChI is InChI=1S/C18H30N2O/c1-4-17(18(21)15-10-8-7-9-11-15)20-13-12-16(14-20)19(5-2)6-3/h7-11,16-18,21H,4-6,12-14H2,1-3H3. The number of likely N-dealkylation sites (tertiary alicyclic amines) is 1. The molecule has 118 valence electrons. The van der Waals surface area contributed by atoms with Gasteiger partial charge in [-0.3, -0.25) is 9.80 Å². The van der Waals surface area contributed by atoms with Crippen LogP contribution in [0, 0.1) is 0 Å². The van der Waals surface area contributed by atoms with Crippen molar-refractivity contribution < 1.29 is 5.11 Å². The maximum absolute atomic E-state index is 10.7. The van der Waals surface area contributed by atoms with Gasteiger partial charge >= 0.3 is 0 Å². The van der Waals surface area contributed by atoms with Crippen molar-refractivity contribution in [1.82, 2.24) is 9.80 Å². The summed E-state index contributed by atoms with van der Waals surface area (Å²) in [5.74, 6) is 0. The average molecular weight is 290 g/mol. The predicted molar refractivity (Wildman–Crippen MR) is 88.4 cm³/mol. The number of rotatable bonds is 7. The Hall–Kier alpha value is -0.900. The van der Waals surface area contributed by atoms with Crippen molar-refractivity contribution in [2.24, 2.45) is 0 Å². The first kappa shape index (κ1) is 16.5. The lowest BCUT2D eigenvalue weighted by Crippen LogP contribution is -2.42. The second-order valence-corrected chi connectivity index (χ2v) is 5.99. The zero-order valence-corrected chi connectivity index (χ0v) is 13.7. The number of nitrogens with zero attached hydrogens (tertiary/aromatic N) is 2. The lowest BCUT2D eigenvalue weighted by atomic mass is 9.99. The summed E-state index contributed by atoms with van der Waals surface area (Å²) in [7, 11) is 0. The fourth-order valence-corrected chi connectivity index (χ4v) is 3.66. The van der Waals surface area contributed by atoms with Crippen LogP contribution in [0.3, 0.4) is 0 Å². The smallest absolute Gasteiger partial charge is 0.0945 e. The molecule has 1 saturated heterocycles. The minimum Gasteiger partial charge on any atom is -0.387 e. The Labute approximate surface area is 129 Å². The molecular formula is C18H30N2O. The molecule has 3 heteroatoms. The molecule has 0 aliphatic carbocycles. The molecule has 3 atom stereocenters. The van der Waals surface area contributed by atoms with Crippen molar-refractivity contribution in [2.75, 3.05) is 26.2 Å². The van der Waals surface area contributed by atoms with Gasteiger partial charge in [0, 0.05) is 25.2 Å². The highest BCUT2D eigenvalue weighted by atomic mass is 16.3. The highest BCUT2D eigenvalue weighted by Gasteiger charge is 2.33. The predicted octanol–water partition coefficient (Wildman–Crippen LogP) is 2.91. The minimum atomic E-state index is -0.383. The molecular weight excluding hydrogens is 260 g/mol. The fourth-order valence-electron chi connectivity index (χ4n) is 3.66. The quantitative estimate of drug-likeness (QED) is 0.836. The van der Waals surface area contributed by atoms with Crippen LogP contribution in [-0.4, -0.2) is 53.2 Å². The molecule has 1 aromatic rings. The first-order chi connectivity index (χ1) is 10.2. The van der Waals surface area contributed by atoms with Crippen molar-refractivity contribution in [2.45, 2.75) is 51.8 Å². The van der Waals surface area contributed by atoms with E-state index in [1.165, 1.54) is 6.42 Å². The van der Waals surface area contributed by atoms with Crippen molar-refractivity contribution in [3.05, 3.63) is 35.9 Å². The van der Waals surface area contributed by atoms with Gasteiger partial charge in [-0.15, -0.1) is 0 Å². The second kappa shape index (κ2) is 7.92. The van der Waals surface area contributed by atoms with Gasteiger partial charge in [0.2, 0.25) is 0 Å². The highest BCUT2D eigenvalue weighted by molar-refractivity contribution is 5.19. The van der Waals surface area contributed by atoms with Crippen LogP contribution < -0.4 is 0 Å². The highest BCUT2D eigenvalue weighted by Crippen LogP contribution is 2.27. The molecule has 0 bridgehead atoms. The van der Waals surface area contributed by atoms with Crippen molar-refractivity contribution in [3.63, 3.8) is 0 Å². The van der Waals surface area contributed by atoms with E-state index in [9.17, 15) is 5.11 Å². The van der Waals surface area contributed by atoms with Crippen LogP contribution in [0.4, 0.5) is 0 Å². The zero-order chi connectivity index (χ0) is 15.2. The third kappa shape index (κ3) is 3.85. The normalized spacial score (nSPS) is 22.6. The number of benzene rings is 1. The number of hydrogen-bond donors (Lipinski definition) is 1. The van der Waals surface area contributed by atoms with E-state index in [0.29, 0.717) is 6.04 Å². The molecule has 1 aliphatic rings. The number of likely N-dealkylation sites (N-methyl/N-ethyl adjacent to an activating group) is 1. The Bertz CT molecular complexity index is 405. The van der Waals surface area contributed by atoms with Crippen LogP contribution in [0.25, 0.3) is 0 Å². The molecule has 3 unspecified atom stereocenters. The molecule has 0 aromatic heterocycles. The second-order valence-electron chi connectivity index (χ2n) is 5.99. The summed E-state index contributed by atoms with van der Waals surface area (Å²) in [5.41, 5.74) is 1.04. The van der Waals surface area contributed by atoms with Crippen molar-refractivity contribution in [1.29, 1.82) is 0 Å². The molecule has 2 rings (SSSR count). The van der Waals surface area contributed by atoms with E-state index in [4.69, 9.17) is 0 Å². The van der Waals surface area contributed by atoms with Gasteiger partial charge in [0.15, 0.2) is 0 Å². The Morgan fingerprint density at radius 1 is 1.19 bits per heavy atom. The lowest BCUT2D eigenvalue weighted by Gasteiger charge is -2.32. The van der Waals surface area contributed by atoms with E-state index in [2.05, 4.69) is 30.6 Å². The molecule has 1 N–H and O–H groups in total. The van der Waals surface area contributed by atoms with Gasteiger partial charge in [-0.25, -0.2) is 0 Å². The van der Waals surface area contributed by atoms with E-state index in [1.807, 2.05) is 30.3 Å². The Morgan fingerprint density at radius 3 is 2.43 bits per heavy atom. The first-order valence-electron chi connectivity index (χ1n) is 8.42. The first-order valence-corrected chi connectivity index (χ1v) is 8.42. The summed E-state index contributed by atoms with van der Waals surface area (Å²) >= 11 is 0. The summed E-state index contributed by atoms with van der Waals surface area (Å²) < 4.78 is 0. The van der Waals surface area contributed by atoms with Gasteiger partial charge in [0.1, 0.15) is 0 Å². The van der Waals surface area contributed by atoms with Gasteiger partial charge in [-0.2, -0.15) is 0 Å². The Balaban J connectivity index is 2.02. The monoisotopic (exact) mass is 290 g/mol. The van der Waals surface area contributed by atoms with Crippen molar-refractivity contribution in [3.8, 4) is 0 Å². The average Bonchev–Trinajstić information content (AvgIpc) is 2.99. The minimum absolute atomic E-state index is 0.230. The summed E-state index contributed by atoms with van der Waals surface area (Å²) in [6, 6.07) is 11.0. The topological polar surface area (TPSA) is 26.7 Å². The maximum atomic E-state index is 10.7. The molecule has 1 fully saturated rings. The van der Waals surface area contributed by atoms with E-state index in [-0.39, 0.29) is 12.1 Å². The third-order valence-corrected chi connectivity index (χ3v) is 4.92. The lowest BCUT2D eigenvalue weighted by molar-refractivity contribution is 0.0542. The van der Waals surface area contributed by atoms with Gasteiger partial charge in [0.05, 0.1) is 6.10 Å². The maximum Gasteiger partial charge on any atom is 0.0945 e. The van der Waals surface area contributed by atoms with E-state index < -0.39 is 0 Å². The summed E-state index contributed by atoms with van der Waals surface area (Å²) in [6.45, 7) is 11.1. The van der Waals surface area contributed by atoms with Gasteiger partial charge in [-0.05, 0) is 31.5 Å². The van der Waals surface area contributed by atoms with Crippen molar-refractivity contribution >= 4 is 0 Å². The third-order valence-electron chi connectivity index (χ3n) is 4.92. The largest absolute Gasteiger partial charge is 0.387 e. The number of aliphatic hydroxyl groups is 1. The van der Waals surface area contributed by atoms with Crippen LogP contribution in [0.15, 0.2) is 30.3 Å². The zero-order valence-electron chi connectivity index (χ0n) is 13.7. The Morgan fingerprint density at radius 2 is 1.86 bits per heavy atom.